The van der Waals surface area contributed by atoms with E-state index in [9.17, 15) is 0 Å². The fourth-order valence-corrected chi connectivity index (χ4v) is 3.79. The maximum Gasteiger partial charge on any atom is 0.194 e. The topological polar surface area (TPSA) is 57.9 Å². The van der Waals surface area contributed by atoms with Crippen LogP contribution in [0.1, 0.15) is 43.6 Å². The molecule has 1 aliphatic rings. The molecule has 1 aromatic carbocycles. The summed E-state index contributed by atoms with van der Waals surface area (Å²) in [5.41, 5.74) is 3.76. The van der Waals surface area contributed by atoms with Gasteiger partial charge in [-0.1, -0.05) is 38.1 Å². The van der Waals surface area contributed by atoms with Gasteiger partial charge < -0.3 is 15.0 Å². The first-order chi connectivity index (χ1) is 14.6. The highest BCUT2D eigenvalue weighted by Crippen LogP contribution is 2.22. The lowest BCUT2D eigenvalue weighted by atomic mass is 10.1. The summed E-state index contributed by atoms with van der Waals surface area (Å²) < 4.78 is 7.83. The summed E-state index contributed by atoms with van der Waals surface area (Å²) in [6, 6.07) is 8.65. The van der Waals surface area contributed by atoms with Crippen LogP contribution in [0.5, 0.6) is 0 Å². The van der Waals surface area contributed by atoms with Crippen molar-refractivity contribution in [1.29, 1.82) is 0 Å². The predicted molar refractivity (Wildman–Crippen MR) is 121 cm³/mol. The van der Waals surface area contributed by atoms with Gasteiger partial charge in [0.25, 0.3) is 0 Å². The van der Waals surface area contributed by atoms with Crippen molar-refractivity contribution in [1.82, 2.24) is 24.9 Å². The van der Waals surface area contributed by atoms with Crippen molar-refractivity contribution in [3.05, 3.63) is 53.3 Å². The number of aryl methyl sites for hydroxylation is 1. The first-order valence-electron chi connectivity index (χ1n) is 11.1. The molecular formula is C23H36N6O. The number of guanidine groups is 1. The van der Waals surface area contributed by atoms with Crippen molar-refractivity contribution in [3.63, 3.8) is 0 Å². The van der Waals surface area contributed by atoms with E-state index < -0.39 is 0 Å². The lowest BCUT2D eigenvalue weighted by Gasteiger charge is -2.34. The van der Waals surface area contributed by atoms with Crippen molar-refractivity contribution in [3.8, 4) is 0 Å². The van der Waals surface area contributed by atoms with Crippen LogP contribution in [-0.4, -0.2) is 64.9 Å². The Labute approximate surface area is 180 Å². The van der Waals surface area contributed by atoms with Crippen LogP contribution in [0, 0.1) is 0 Å². The summed E-state index contributed by atoms with van der Waals surface area (Å²) in [5.74, 6) is 0.951. The van der Waals surface area contributed by atoms with E-state index in [1.807, 2.05) is 24.1 Å². The minimum Gasteiger partial charge on any atom is -0.370 e. The lowest BCUT2D eigenvalue weighted by Crippen LogP contribution is -2.48. The average molecular weight is 413 g/mol. The molecule has 2 heterocycles. The molecule has 3 rings (SSSR count). The van der Waals surface area contributed by atoms with Gasteiger partial charge in [-0.15, -0.1) is 0 Å². The van der Waals surface area contributed by atoms with Crippen LogP contribution in [0.2, 0.25) is 0 Å². The standard InChI is InChI=1S/C23H36N6O/c1-5-24-23(29-12-13-30-22(18-29)21-15-26-27(4)16-21)25-14-19-10-8-9-11-20(19)17-28(6-2)7-3/h8-11,15-16,22H,5-7,12-14,17-18H2,1-4H3,(H,24,25). The van der Waals surface area contributed by atoms with Gasteiger partial charge >= 0.3 is 0 Å². The van der Waals surface area contributed by atoms with Gasteiger partial charge in [-0.2, -0.15) is 5.10 Å². The molecule has 7 nitrogen and oxygen atoms in total. The second kappa shape index (κ2) is 11.1. The molecule has 0 radical (unpaired) electrons. The van der Waals surface area contributed by atoms with Gasteiger partial charge in [0.15, 0.2) is 5.96 Å². The zero-order valence-corrected chi connectivity index (χ0v) is 18.8. The van der Waals surface area contributed by atoms with E-state index in [-0.39, 0.29) is 6.10 Å². The van der Waals surface area contributed by atoms with Crippen LogP contribution in [0.25, 0.3) is 0 Å². The van der Waals surface area contributed by atoms with E-state index in [4.69, 9.17) is 9.73 Å². The van der Waals surface area contributed by atoms with Crippen LogP contribution in [0.3, 0.4) is 0 Å². The number of benzene rings is 1. The quantitative estimate of drug-likeness (QED) is 0.534. The summed E-state index contributed by atoms with van der Waals surface area (Å²) in [6.07, 6.45) is 3.94. The number of aliphatic imine (C=N–C) groups is 1. The highest BCUT2D eigenvalue weighted by Gasteiger charge is 2.25. The van der Waals surface area contributed by atoms with Crippen molar-refractivity contribution < 1.29 is 4.74 Å². The van der Waals surface area contributed by atoms with Gasteiger partial charge in [0.05, 0.1) is 25.9 Å². The fraction of sp³-hybridized carbons (Fsp3) is 0.565. The van der Waals surface area contributed by atoms with E-state index in [1.54, 1.807) is 0 Å². The van der Waals surface area contributed by atoms with Crippen molar-refractivity contribution in [2.75, 3.05) is 39.3 Å². The Morgan fingerprint density at radius 2 is 2.00 bits per heavy atom. The molecule has 0 bridgehead atoms. The molecule has 0 aliphatic carbocycles. The maximum atomic E-state index is 6.00. The number of rotatable bonds is 8. The fourth-order valence-electron chi connectivity index (χ4n) is 3.79. The molecule has 1 unspecified atom stereocenters. The maximum absolute atomic E-state index is 6.00. The molecule has 7 heteroatoms. The van der Waals surface area contributed by atoms with Gasteiger partial charge in [0.2, 0.25) is 0 Å². The van der Waals surface area contributed by atoms with E-state index in [0.29, 0.717) is 13.2 Å². The molecule has 1 aromatic heterocycles. The summed E-state index contributed by atoms with van der Waals surface area (Å²) in [5, 5.41) is 7.76. The Morgan fingerprint density at radius 3 is 2.67 bits per heavy atom. The molecule has 164 valence electrons. The highest BCUT2D eigenvalue weighted by atomic mass is 16.5. The van der Waals surface area contributed by atoms with Gasteiger partial charge in [0, 0.05) is 38.4 Å². The number of aromatic nitrogens is 2. The summed E-state index contributed by atoms with van der Waals surface area (Å²) in [4.78, 5) is 9.74. The molecule has 1 saturated heterocycles. The van der Waals surface area contributed by atoms with Gasteiger partial charge in [0.1, 0.15) is 6.10 Å². The molecule has 0 saturated carbocycles. The number of nitrogens with one attached hydrogen (secondary N) is 1. The number of morpholine rings is 1. The smallest absolute Gasteiger partial charge is 0.194 e. The van der Waals surface area contributed by atoms with Crippen molar-refractivity contribution in [2.45, 2.75) is 40.0 Å². The Bertz CT molecular complexity index is 814. The molecule has 1 fully saturated rings. The number of hydrogen-bond donors (Lipinski definition) is 1. The molecule has 0 spiro atoms. The molecule has 0 amide bonds. The first kappa shape index (κ1) is 22.3. The third-order valence-electron chi connectivity index (χ3n) is 5.60. The van der Waals surface area contributed by atoms with E-state index in [2.05, 4.69) is 65.3 Å². The number of hydrogen-bond acceptors (Lipinski definition) is 4. The Hall–Kier alpha value is -2.38. The predicted octanol–water partition coefficient (Wildman–Crippen LogP) is 2.80. The van der Waals surface area contributed by atoms with Crippen LogP contribution in [-0.2, 0) is 24.9 Å². The van der Waals surface area contributed by atoms with Gasteiger partial charge in [-0.25, -0.2) is 4.99 Å². The Kier molecular flexibility index (Phi) is 8.28. The van der Waals surface area contributed by atoms with Crippen LogP contribution >= 0.6 is 0 Å². The minimum atomic E-state index is 0.0197. The molecule has 1 N–H and O–H groups in total. The molecule has 1 aliphatic heterocycles. The minimum absolute atomic E-state index is 0.0197. The van der Waals surface area contributed by atoms with Crippen molar-refractivity contribution >= 4 is 5.96 Å². The van der Waals surface area contributed by atoms with E-state index >= 15 is 0 Å². The Balaban J connectivity index is 1.73. The second-order valence-corrected chi connectivity index (χ2v) is 7.65. The third-order valence-corrected chi connectivity index (χ3v) is 5.60. The first-order valence-corrected chi connectivity index (χ1v) is 11.1. The van der Waals surface area contributed by atoms with Crippen LogP contribution in [0.15, 0.2) is 41.7 Å². The zero-order valence-electron chi connectivity index (χ0n) is 18.8. The molecular weight excluding hydrogens is 376 g/mol. The summed E-state index contributed by atoms with van der Waals surface area (Å²) >= 11 is 0. The molecule has 2 aromatic rings. The zero-order chi connectivity index (χ0) is 21.3. The number of nitrogens with zero attached hydrogens (tertiary/aromatic N) is 5. The molecule has 30 heavy (non-hydrogen) atoms. The van der Waals surface area contributed by atoms with Gasteiger partial charge in [-0.05, 0) is 31.1 Å². The number of ether oxygens (including phenoxy) is 1. The SMILES string of the molecule is CCNC(=NCc1ccccc1CN(CC)CC)N1CCOC(c2cnn(C)c2)C1. The Morgan fingerprint density at radius 1 is 1.23 bits per heavy atom. The van der Waals surface area contributed by atoms with E-state index in [1.165, 1.54) is 11.1 Å². The largest absolute Gasteiger partial charge is 0.370 e. The third kappa shape index (κ3) is 5.83. The summed E-state index contributed by atoms with van der Waals surface area (Å²) in [7, 11) is 1.94. The average Bonchev–Trinajstić information content (AvgIpc) is 3.22. The molecule has 1 atom stereocenters. The van der Waals surface area contributed by atoms with Gasteiger partial charge in [-0.3, -0.25) is 9.58 Å². The normalized spacial score (nSPS) is 17.6. The monoisotopic (exact) mass is 412 g/mol. The van der Waals surface area contributed by atoms with Crippen LogP contribution < -0.4 is 5.32 Å². The van der Waals surface area contributed by atoms with Crippen LogP contribution in [0.4, 0.5) is 0 Å². The lowest BCUT2D eigenvalue weighted by molar-refractivity contribution is -0.00805. The second-order valence-electron chi connectivity index (χ2n) is 7.65. The van der Waals surface area contributed by atoms with Crippen molar-refractivity contribution in [2.24, 2.45) is 12.0 Å². The highest BCUT2D eigenvalue weighted by molar-refractivity contribution is 5.80. The van der Waals surface area contributed by atoms with E-state index in [0.717, 1.165) is 50.8 Å². The summed E-state index contributed by atoms with van der Waals surface area (Å²) in [6.45, 7) is 13.4.